The maximum absolute atomic E-state index is 14.3. The van der Waals surface area contributed by atoms with Crippen molar-refractivity contribution in [2.24, 2.45) is 0 Å². The number of rotatable bonds is 7. The molecule has 0 aliphatic carbocycles. The second-order valence-electron chi connectivity index (χ2n) is 9.18. The number of hydrogen-bond acceptors (Lipinski definition) is 5. The Morgan fingerprint density at radius 2 is 1.70 bits per heavy atom. The van der Waals surface area contributed by atoms with E-state index < -0.39 is 11.7 Å². The minimum absolute atomic E-state index is 0.0275. The predicted octanol–water partition coefficient (Wildman–Crippen LogP) is 4.40. The fourth-order valence-electron chi connectivity index (χ4n) is 4.35. The number of carbonyl (C=O) groups excluding carboxylic acids is 2. The Hall–Kier alpha value is -3.88. The van der Waals surface area contributed by atoms with Crippen LogP contribution < -0.4 is 4.90 Å². The van der Waals surface area contributed by atoms with Crippen LogP contribution in [0.4, 0.5) is 14.6 Å². The van der Waals surface area contributed by atoms with Crippen LogP contribution in [0.5, 0.6) is 0 Å². The van der Waals surface area contributed by atoms with Gasteiger partial charge >= 0.3 is 0 Å². The van der Waals surface area contributed by atoms with Gasteiger partial charge in [0.15, 0.2) is 5.82 Å². The Morgan fingerprint density at radius 3 is 2.38 bits per heavy atom. The highest BCUT2D eigenvalue weighted by molar-refractivity contribution is 5.97. The van der Waals surface area contributed by atoms with Crippen molar-refractivity contribution < 1.29 is 18.4 Å². The number of amides is 2. The molecular formula is C28H31F2N5O2. The van der Waals surface area contributed by atoms with Gasteiger partial charge in [0, 0.05) is 37.8 Å². The molecule has 1 aromatic heterocycles. The molecular weight excluding hydrogens is 476 g/mol. The number of halogens is 2. The highest BCUT2D eigenvalue weighted by Crippen LogP contribution is 2.20. The zero-order chi connectivity index (χ0) is 26.4. The molecule has 1 atom stereocenters. The van der Waals surface area contributed by atoms with E-state index in [1.807, 2.05) is 26.0 Å². The molecule has 2 heterocycles. The average molecular weight is 508 g/mol. The number of anilines is 1. The lowest BCUT2D eigenvalue weighted by atomic mass is 10.1. The van der Waals surface area contributed by atoms with Gasteiger partial charge in [0.05, 0.1) is 11.3 Å². The van der Waals surface area contributed by atoms with Crippen LogP contribution in [0.2, 0.25) is 0 Å². The van der Waals surface area contributed by atoms with Crippen molar-refractivity contribution >= 4 is 17.6 Å². The minimum Gasteiger partial charge on any atom is -0.353 e. The van der Waals surface area contributed by atoms with Crippen LogP contribution in [0.15, 0.2) is 60.7 Å². The van der Waals surface area contributed by atoms with Crippen LogP contribution in [0.1, 0.15) is 37.0 Å². The summed E-state index contributed by atoms with van der Waals surface area (Å²) in [6, 6.07) is 15.5. The van der Waals surface area contributed by atoms with Gasteiger partial charge in [-0.25, -0.2) is 8.78 Å². The maximum Gasteiger partial charge on any atom is 0.257 e. The van der Waals surface area contributed by atoms with E-state index in [-0.39, 0.29) is 29.9 Å². The van der Waals surface area contributed by atoms with Crippen molar-refractivity contribution in [1.82, 2.24) is 20.0 Å². The molecule has 1 aliphatic heterocycles. The van der Waals surface area contributed by atoms with Crippen molar-refractivity contribution in [3.05, 3.63) is 77.9 Å². The third-order valence-corrected chi connectivity index (χ3v) is 6.76. The first kappa shape index (κ1) is 26.2. The Morgan fingerprint density at radius 1 is 0.946 bits per heavy atom. The minimum atomic E-state index is -0.592. The van der Waals surface area contributed by atoms with Crippen molar-refractivity contribution in [2.45, 2.75) is 32.7 Å². The third kappa shape index (κ3) is 6.28. The van der Waals surface area contributed by atoms with Gasteiger partial charge in [-0.2, -0.15) is 0 Å². The second-order valence-corrected chi connectivity index (χ2v) is 9.18. The van der Waals surface area contributed by atoms with E-state index in [9.17, 15) is 18.4 Å². The molecule has 1 saturated heterocycles. The first-order valence-corrected chi connectivity index (χ1v) is 12.5. The van der Waals surface area contributed by atoms with Gasteiger partial charge in [0.1, 0.15) is 18.2 Å². The number of carbonyl (C=O) groups is 2. The average Bonchev–Trinajstić information content (AvgIpc) is 3.18. The van der Waals surface area contributed by atoms with Crippen LogP contribution in [0.25, 0.3) is 11.3 Å². The molecule has 1 aliphatic rings. The van der Waals surface area contributed by atoms with Crippen LogP contribution >= 0.6 is 0 Å². The Kier molecular flexibility index (Phi) is 8.43. The van der Waals surface area contributed by atoms with Gasteiger partial charge in [0.25, 0.3) is 5.91 Å². The van der Waals surface area contributed by atoms with Crippen molar-refractivity contribution in [1.29, 1.82) is 0 Å². The lowest BCUT2D eigenvalue weighted by Gasteiger charge is -2.31. The molecule has 2 aromatic carbocycles. The monoisotopic (exact) mass is 507 g/mol. The predicted molar refractivity (Wildman–Crippen MR) is 138 cm³/mol. The molecule has 3 aromatic rings. The van der Waals surface area contributed by atoms with Crippen LogP contribution in [-0.4, -0.2) is 70.6 Å². The lowest BCUT2D eigenvalue weighted by Crippen LogP contribution is -2.47. The fourth-order valence-corrected chi connectivity index (χ4v) is 4.35. The molecule has 4 rings (SSSR count). The van der Waals surface area contributed by atoms with Crippen LogP contribution in [0, 0.1) is 11.6 Å². The molecule has 0 spiro atoms. The third-order valence-electron chi connectivity index (χ3n) is 6.76. The highest BCUT2D eigenvalue weighted by atomic mass is 19.1. The lowest BCUT2D eigenvalue weighted by molar-refractivity contribution is -0.132. The molecule has 1 unspecified atom stereocenters. The molecule has 2 amide bonds. The zero-order valence-corrected chi connectivity index (χ0v) is 21.1. The molecule has 0 radical (unpaired) electrons. The number of aromatic nitrogens is 2. The van der Waals surface area contributed by atoms with E-state index in [0.717, 1.165) is 12.0 Å². The first-order chi connectivity index (χ1) is 17.9. The second kappa shape index (κ2) is 11.9. The van der Waals surface area contributed by atoms with Crippen molar-refractivity contribution in [2.75, 3.05) is 37.6 Å². The summed E-state index contributed by atoms with van der Waals surface area (Å²) >= 11 is 0. The largest absolute Gasteiger partial charge is 0.353 e. The van der Waals surface area contributed by atoms with E-state index in [4.69, 9.17) is 0 Å². The van der Waals surface area contributed by atoms with Gasteiger partial charge in [-0.1, -0.05) is 19.1 Å². The van der Waals surface area contributed by atoms with Gasteiger partial charge in [-0.15, -0.1) is 10.2 Å². The summed E-state index contributed by atoms with van der Waals surface area (Å²) in [6.07, 6.45) is 1.38. The van der Waals surface area contributed by atoms with Gasteiger partial charge in [-0.05, 0) is 68.3 Å². The summed E-state index contributed by atoms with van der Waals surface area (Å²) in [6.45, 7) is 6.00. The Labute approximate surface area is 215 Å². The van der Waals surface area contributed by atoms with Crippen LogP contribution in [0.3, 0.4) is 0 Å². The smallest absolute Gasteiger partial charge is 0.257 e. The molecule has 194 valence electrons. The number of nitrogens with zero attached hydrogens (tertiary/aromatic N) is 5. The fraction of sp³-hybridized carbons (Fsp3) is 0.357. The summed E-state index contributed by atoms with van der Waals surface area (Å²) in [5.74, 6) is -0.833. The highest BCUT2D eigenvalue weighted by Gasteiger charge is 2.28. The van der Waals surface area contributed by atoms with Gasteiger partial charge in [-0.3, -0.25) is 9.59 Å². The zero-order valence-electron chi connectivity index (χ0n) is 21.1. The van der Waals surface area contributed by atoms with E-state index >= 15 is 0 Å². The molecule has 9 heteroatoms. The quantitative estimate of drug-likeness (QED) is 0.474. The normalized spacial score (nSPS) is 14.7. The Bertz CT molecular complexity index is 1220. The first-order valence-electron chi connectivity index (χ1n) is 12.5. The molecule has 37 heavy (non-hydrogen) atoms. The van der Waals surface area contributed by atoms with Crippen molar-refractivity contribution in [3.63, 3.8) is 0 Å². The summed E-state index contributed by atoms with van der Waals surface area (Å²) < 4.78 is 27.5. The van der Waals surface area contributed by atoms with E-state index in [0.29, 0.717) is 44.1 Å². The summed E-state index contributed by atoms with van der Waals surface area (Å²) in [7, 11) is 0. The molecule has 0 saturated carbocycles. The molecule has 0 bridgehead atoms. The van der Waals surface area contributed by atoms with Crippen LogP contribution in [-0.2, 0) is 4.79 Å². The molecule has 7 nitrogen and oxygen atoms in total. The summed E-state index contributed by atoms with van der Waals surface area (Å²) in [4.78, 5) is 31.6. The summed E-state index contributed by atoms with van der Waals surface area (Å²) in [5, 5.41) is 8.64. The standard InChI is InChI=1S/C28H31F2N5O2/c1-3-20(2)35(28(37)23-7-4-5-8-24(23)30)19-27(36)34-16-6-15-33(17-18-34)26-14-13-25(31-32-26)21-9-11-22(29)12-10-21/h4-5,7-14,20H,3,6,15-19H2,1-2H3. The molecule has 0 N–H and O–H groups in total. The maximum atomic E-state index is 14.3. The SMILES string of the molecule is CCC(C)N(CC(=O)N1CCCN(c2ccc(-c3ccc(F)cc3)nn2)CC1)C(=O)c1ccccc1F. The van der Waals surface area contributed by atoms with Crippen molar-refractivity contribution in [3.8, 4) is 11.3 Å². The topological polar surface area (TPSA) is 69.6 Å². The van der Waals surface area contributed by atoms with Gasteiger partial charge < -0.3 is 14.7 Å². The van der Waals surface area contributed by atoms with E-state index in [1.165, 1.54) is 35.2 Å². The van der Waals surface area contributed by atoms with Gasteiger partial charge in [0.2, 0.25) is 5.91 Å². The van der Waals surface area contributed by atoms with E-state index in [1.54, 1.807) is 23.1 Å². The number of hydrogen-bond donors (Lipinski definition) is 0. The Balaban J connectivity index is 1.40. The van der Waals surface area contributed by atoms with E-state index in [2.05, 4.69) is 15.1 Å². The number of benzene rings is 2. The summed E-state index contributed by atoms with van der Waals surface area (Å²) in [5.41, 5.74) is 1.41. The molecule has 1 fully saturated rings.